The van der Waals surface area contributed by atoms with Crippen molar-refractivity contribution in [3.05, 3.63) is 22.8 Å². The molecule has 1 spiro atoms. The first-order valence-corrected chi connectivity index (χ1v) is 10.3. The Morgan fingerprint density at radius 2 is 2.12 bits per heavy atom. The van der Waals surface area contributed by atoms with Crippen LogP contribution >= 0.6 is 0 Å². The normalized spacial score (nSPS) is 31.0. The van der Waals surface area contributed by atoms with Gasteiger partial charge in [0.15, 0.2) is 0 Å². The minimum absolute atomic E-state index is 0.150. The summed E-state index contributed by atoms with van der Waals surface area (Å²) >= 11 is 0. The number of ether oxygens (including phenoxy) is 1. The minimum atomic E-state index is 0.150. The zero-order valence-electron chi connectivity index (χ0n) is 15.5. The van der Waals surface area contributed by atoms with Crippen LogP contribution in [0.1, 0.15) is 44.8 Å². The number of nitrogens with one attached hydrogen (secondary N) is 2. The van der Waals surface area contributed by atoms with Crippen molar-refractivity contribution < 1.29 is 4.74 Å². The molecule has 26 heavy (non-hydrogen) atoms. The third-order valence-electron chi connectivity index (χ3n) is 6.93. The maximum atomic E-state index is 6.52. The third kappa shape index (κ3) is 2.75. The lowest BCUT2D eigenvalue weighted by Crippen LogP contribution is -2.52. The lowest BCUT2D eigenvalue weighted by Gasteiger charge is -2.42. The van der Waals surface area contributed by atoms with E-state index in [2.05, 4.69) is 38.4 Å². The van der Waals surface area contributed by atoms with Crippen molar-refractivity contribution in [1.82, 2.24) is 20.1 Å². The highest BCUT2D eigenvalue weighted by molar-refractivity contribution is 5.45. The highest BCUT2D eigenvalue weighted by atomic mass is 16.5. The number of piperidine rings is 1. The van der Waals surface area contributed by atoms with Gasteiger partial charge in [-0.1, -0.05) is 0 Å². The summed E-state index contributed by atoms with van der Waals surface area (Å²) in [5.74, 6) is 0.778. The number of rotatable bonds is 3. The molecule has 4 N–H and O–H groups in total. The van der Waals surface area contributed by atoms with Gasteiger partial charge in [0.1, 0.15) is 12.0 Å². The van der Waals surface area contributed by atoms with Gasteiger partial charge >= 0.3 is 0 Å². The monoisotopic (exact) mass is 357 g/mol. The standard InChI is InChI=1S/C20H31N5O/c21-19-16-5-13-25(17(16)4-9-23-19)18-3-2-15(26-18)14-24-12-1-6-20(24)7-10-22-11-8-20/h4-5,13,15,18,22-23H,1-3,6-12,14,21H2. The Hall–Kier alpha value is -1.50. The van der Waals surface area contributed by atoms with Crippen LogP contribution in [0.3, 0.4) is 0 Å². The molecule has 5 rings (SSSR count). The maximum absolute atomic E-state index is 6.52. The van der Waals surface area contributed by atoms with E-state index in [-0.39, 0.29) is 6.23 Å². The van der Waals surface area contributed by atoms with Crippen molar-refractivity contribution in [2.45, 2.75) is 56.4 Å². The zero-order valence-corrected chi connectivity index (χ0v) is 15.5. The minimum Gasteiger partial charge on any atom is -0.385 e. The first-order valence-electron chi connectivity index (χ1n) is 10.3. The smallest absolute Gasteiger partial charge is 0.134 e. The molecule has 6 nitrogen and oxygen atoms in total. The van der Waals surface area contributed by atoms with Gasteiger partial charge in [0.05, 0.1) is 11.5 Å². The Morgan fingerprint density at radius 3 is 3.00 bits per heavy atom. The number of hydrogen-bond donors (Lipinski definition) is 3. The summed E-state index contributed by atoms with van der Waals surface area (Å²) in [6.07, 6.45) is 12.4. The summed E-state index contributed by atoms with van der Waals surface area (Å²) in [6, 6.07) is 2.11. The van der Waals surface area contributed by atoms with Crippen LogP contribution < -0.4 is 26.9 Å². The number of aromatic nitrogens is 1. The molecule has 1 aromatic rings. The van der Waals surface area contributed by atoms with Crippen molar-refractivity contribution in [3.63, 3.8) is 0 Å². The molecule has 2 atom stereocenters. The Kier molecular flexibility index (Phi) is 4.22. The first-order chi connectivity index (χ1) is 12.8. The summed E-state index contributed by atoms with van der Waals surface area (Å²) in [4.78, 5) is 2.76. The highest BCUT2D eigenvalue weighted by Gasteiger charge is 2.43. The predicted molar refractivity (Wildman–Crippen MR) is 103 cm³/mol. The average Bonchev–Trinajstić information content (AvgIpc) is 3.36. The largest absolute Gasteiger partial charge is 0.385 e. The zero-order chi connectivity index (χ0) is 17.6. The van der Waals surface area contributed by atoms with E-state index in [0.29, 0.717) is 11.6 Å². The average molecular weight is 358 g/mol. The topological polar surface area (TPSA) is 67.5 Å². The molecule has 5 heterocycles. The van der Waals surface area contributed by atoms with Gasteiger partial charge in [-0.05, 0) is 70.3 Å². The fourth-order valence-electron chi connectivity index (χ4n) is 5.52. The highest BCUT2D eigenvalue weighted by Crippen LogP contribution is 2.38. The molecule has 1 aromatic heterocycles. The summed E-state index contributed by atoms with van der Waals surface area (Å²) in [6.45, 7) is 5.47. The Labute approximate surface area is 155 Å². The molecule has 0 aliphatic carbocycles. The number of fused-ring (bicyclic) bond motifs is 1. The van der Waals surface area contributed by atoms with E-state index in [0.717, 1.165) is 37.0 Å². The molecule has 2 unspecified atom stereocenters. The predicted octanol–water partition coefficient (Wildman–Crippen LogP) is -0.208. The van der Waals surface area contributed by atoms with Crippen molar-refractivity contribution >= 4 is 11.9 Å². The lowest BCUT2D eigenvalue weighted by atomic mass is 9.85. The molecule has 0 bridgehead atoms. The first kappa shape index (κ1) is 16.7. The van der Waals surface area contributed by atoms with E-state index in [4.69, 9.17) is 10.5 Å². The van der Waals surface area contributed by atoms with Gasteiger partial charge in [0.2, 0.25) is 0 Å². The van der Waals surface area contributed by atoms with Crippen LogP contribution in [0.15, 0.2) is 12.3 Å². The van der Waals surface area contributed by atoms with Gasteiger partial charge in [-0.3, -0.25) is 4.90 Å². The van der Waals surface area contributed by atoms with Gasteiger partial charge in [-0.15, -0.1) is 0 Å². The summed E-state index contributed by atoms with van der Waals surface area (Å²) in [5.41, 5.74) is 6.54. The molecule has 3 saturated heterocycles. The molecular weight excluding hydrogens is 326 g/mol. The molecule has 0 saturated carbocycles. The second-order valence-electron chi connectivity index (χ2n) is 8.33. The fraction of sp³-hybridized carbons (Fsp3) is 0.700. The van der Waals surface area contributed by atoms with Crippen LogP contribution in [0.4, 0.5) is 0 Å². The maximum Gasteiger partial charge on any atom is 0.134 e. The molecule has 0 amide bonds. The second-order valence-corrected chi connectivity index (χ2v) is 8.33. The van der Waals surface area contributed by atoms with Crippen LogP contribution in [0.2, 0.25) is 0 Å². The molecule has 142 valence electrons. The number of hydrogen-bond acceptors (Lipinski definition) is 5. The lowest BCUT2D eigenvalue weighted by molar-refractivity contribution is -0.0302. The van der Waals surface area contributed by atoms with E-state index in [1.165, 1.54) is 50.7 Å². The Bertz CT molecular complexity index is 779. The number of likely N-dealkylation sites (tertiary alicyclic amines) is 1. The molecular formula is C20H31N5O. The van der Waals surface area contributed by atoms with E-state index < -0.39 is 0 Å². The van der Waals surface area contributed by atoms with Crippen molar-refractivity contribution in [2.24, 2.45) is 5.73 Å². The van der Waals surface area contributed by atoms with Gasteiger partial charge in [-0.25, -0.2) is 0 Å². The van der Waals surface area contributed by atoms with Crippen molar-refractivity contribution in [1.29, 1.82) is 0 Å². The fourth-order valence-corrected chi connectivity index (χ4v) is 5.52. The number of nitrogens with zero attached hydrogens (tertiary/aromatic N) is 2. The molecule has 0 aromatic carbocycles. The quantitative estimate of drug-likeness (QED) is 0.699. The van der Waals surface area contributed by atoms with Gasteiger partial charge in [0.25, 0.3) is 0 Å². The van der Waals surface area contributed by atoms with Crippen molar-refractivity contribution in [3.8, 4) is 0 Å². The molecule has 0 radical (unpaired) electrons. The van der Waals surface area contributed by atoms with Crippen LogP contribution in [-0.2, 0) is 4.74 Å². The summed E-state index contributed by atoms with van der Waals surface area (Å²) in [5, 5.41) is 9.05. The summed E-state index contributed by atoms with van der Waals surface area (Å²) in [7, 11) is 0. The molecule has 6 heteroatoms. The van der Waals surface area contributed by atoms with Gasteiger partial charge in [-0.2, -0.15) is 0 Å². The third-order valence-corrected chi connectivity index (χ3v) is 6.93. The second kappa shape index (κ2) is 6.59. The van der Waals surface area contributed by atoms with E-state index in [9.17, 15) is 0 Å². The van der Waals surface area contributed by atoms with E-state index in [1.54, 1.807) is 0 Å². The van der Waals surface area contributed by atoms with Crippen LogP contribution in [0.5, 0.6) is 0 Å². The van der Waals surface area contributed by atoms with Crippen molar-refractivity contribution in [2.75, 3.05) is 32.7 Å². The van der Waals surface area contributed by atoms with Crippen LogP contribution in [-0.4, -0.2) is 53.8 Å². The Morgan fingerprint density at radius 1 is 1.23 bits per heavy atom. The van der Waals surface area contributed by atoms with Gasteiger partial charge < -0.3 is 25.7 Å². The van der Waals surface area contributed by atoms with Crippen LogP contribution in [0, 0.1) is 0 Å². The summed E-state index contributed by atoms with van der Waals surface area (Å²) < 4.78 is 8.80. The Balaban J connectivity index is 1.29. The van der Waals surface area contributed by atoms with Gasteiger partial charge in [0, 0.05) is 30.0 Å². The SMILES string of the molecule is NC1=c2ccn(C3CCC(CN4CCCC45CCNCC5)O3)c2=CCN1. The molecule has 4 aliphatic heterocycles. The van der Waals surface area contributed by atoms with Crippen LogP contribution in [0.25, 0.3) is 11.9 Å². The van der Waals surface area contributed by atoms with E-state index >= 15 is 0 Å². The number of nitrogens with two attached hydrogens (primary N) is 1. The molecule has 4 aliphatic rings. The van der Waals surface area contributed by atoms with E-state index in [1.807, 2.05) is 0 Å². The molecule has 3 fully saturated rings.